The average molecular weight is 246 g/mol. The van der Waals surface area contributed by atoms with Gasteiger partial charge in [-0.1, -0.05) is 17.7 Å². The molecule has 0 spiro atoms. The van der Waals surface area contributed by atoms with Gasteiger partial charge in [-0.25, -0.2) is 0 Å². The average Bonchev–Trinajstić information content (AvgIpc) is 2.84. The number of thiophene rings is 1. The normalized spacial score (nSPS) is 12.4. The monoisotopic (exact) mass is 246 g/mol. The fourth-order valence-electron chi connectivity index (χ4n) is 1.94. The minimum Gasteiger partial charge on any atom is -0.366 e. The van der Waals surface area contributed by atoms with Crippen LogP contribution in [0.1, 0.15) is 17.2 Å². The molecular formula is C14H18N2S. The molecule has 3 heteroatoms. The molecule has 1 atom stereocenters. The first-order chi connectivity index (χ1) is 8.22. The lowest BCUT2D eigenvalue weighted by molar-refractivity contribution is 0.683. The summed E-state index contributed by atoms with van der Waals surface area (Å²) in [6.07, 6.45) is 0. The maximum Gasteiger partial charge on any atom is 0.0669 e. The van der Waals surface area contributed by atoms with Gasteiger partial charge in [0.1, 0.15) is 0 Å². The van der Waals surface area contributed by atoms with E-state index in [0.717, 1.165) is 0 Å². The van der Waals surface area contributed by atoms with Crippen molar-refractivity contribution in [3.63, 3.8) is 0 Å². The Morgan fingerprint density at radius 1 is 1.24 bits per heavy atom. The van der Waals surface area contributed by atoms with E-state index < -0.39 is 0 Å². The number of likely N-dealkylation sites (N-methyl/N-ethyl adjacent to an activating group) is 1. The van der Waals surface area contributed by atoms with Gasteiger partial charge in [0.15, 0.2) is 0 Å². The van der Waals surface area contributed by atoms with Crippen LogP contribution in [0.15, 0.2) is 41.1 Å². The molecular weight excluding hydrogens is 228 g/mol. The van der Waals surface area contributed by atoms with Crippen LogP contribution >= 0.6 is 11.3 Å². The van der Waals surface area contributed by atoms with E-state index in [9.17, 15) is 0 Å². The summed E-state index contributed by atoms with van der Waals surface area (Å²) < 4.78 is 0. The maximum absolute atomic E-state index is 5.90. The Labute approximate surface area is 107 Å². The lowest BCUT2D eigenvalue weighted by Crippen LogP contribution is -2.30. The van der Waals surface area contributed by atoms with Gasteiger partial charge in [-0.2, -0.15) is 11.3 Å². The van der Waals surface area contributed by atoms with Gasteiger partial charge < -0.3 is 10.6 Å². The highest BCUT2D eigenvalue weighted by atomic mass is 32.1. The van der Waals surface area contributed by atoms with Crippen molar-refractivity contribution >= 4 is 17.0 Å². The fraction of sp³-hybridized carbons (Fsp3) is 0.286. The van der Waals surface area contributed by atoms with Gasteiger partial charge in [-0.3, -0.25) is 0 Å². The van der Waals surface area contributed by atoms with Gasteiger partial charge in [0.25, 0.3) is 0 Å². The third kappa shape index (κ3) is 2.68. The molecule has 0 radical (unpaired) electrons. The van der Waals surface area contributed by atoms with Crippen molar-refractivity contribution in [2.45, 2.75) is 13.0 Å². The number of nitrogens with two attached hydrogens (primary N) is 1. The summed E-state index contributed by atoms with van der Waals surface area (Å²) >= 11 is 1.72. The number of hydrogen-bond acceptors (Lipinski definition) is 3. The van der Waals surface area contributed by atoms with Crippen molar-refractivity contribution in [3.05, 3.63) is 52.2 Å². The summed E-state index contributed by atoms with van der Waals surface area (Å²) in [6.45, 7) is 2.73. The molecule has 2 nitrogen and oxygen atoms in total. The van der Waals surface area contributed by atoms with Crippen LogP contribution in [0.3, 0.4) is 0 Å². The predicted molar refractivity (Wildman–Crippen MR) is 75.7 cm³/mol. The molecule has 2 N–H and O–H groups in total. The van der Waals surface area contributed by atoms with E-state index in [1.54, 1.807) is 11.3 Å². The number of benzene rings is 1. The molecule has 0 fully saturated rings. The van der Waals surface area contributed by atoms with Crippen molar-refractivity contribution in [2.75, 3.05) is 18.5 Å². The standard InChI is InChI=1S/C14H18N2S/c1-11-3-5-13(6-4-11)16(2)14(9-15)12-7-8-17-10-12/h3-8,10,14H,9,15H2,1-2H3. The molecule has 17 heavy (non-hydrogen) atoms. The van der Waals surface area contributed by atoms with E-state index in [1.165, 1.54) is 16.8 Å². The molecule has 0 aliphatic carbocycles. The summed E-state index contributed by atoms with van der Waals surface area (Å²) in [5.74, 6) is 0. The second-order valence-electron chi connectivity index (χ2n) is 4.25. The van der Waals surface area contributed by atoms with Crippen LogP contribution in [0.2, 0.25) is 0 Å². The first-order valence-corrected chi connectivity index (χ1v) is 6.68. The second-order valence-corrected chi connectivity index (χ2v) is 5.03. The molecule has 0 saturated heterocycles. The summed E-state index contributed by atoms with van der Waals surface area (Å²) in [6, 6.07) is 10.9. The molecule has 90 valence electrons. The fourth-order valence-corrected chi connectivity index (χ4v) is 2.65. The van der Waals surface area contributed by atoms with E-state index in [2.05, 4.69) is 60.0 Å². The Balaban J connectivity index is 2.23. The smallest absolute Gasteiger partial charge is 0.0669 e. The molecule has 2 rings (SSSR count). The quantitative estimate of drug-likeness (QED) is 0.897. The van der Waals surface area contributed by atoms with Gasteiger partial charge >= 0.3 is 0 Å². The van der Waals surface area contributed by atoms with Crippen LogP contribution in [0.5, 0.6) is 0 Å². The van der Waals surface area contributed by atoms with Crippen LogP contribution in [0, 0.1) is 6.92 Å². The second kappa shape index (κ2) is 5.34. The highest BCUT2D eigenvalue weighted by molar-refractivity contribution is 7.08. The predicted octanol–water partition coefficient (Wildman–Crippen LogP) is 3.19. The summed E-state index contributed by atoms with van der Waals surface area (Å²) in [7, 11) is 2.10. The summed E-state index contributed by atoms with van der Waals surface area (Å²) in [4.78, 5) is 2.24. The Morgan fingerprint density at radius 3 is 2.47 bits per heavy atom. The van der Waals surface area contributed by atoms with Gasteiger partial charge in [0.05, 0.1) is 6.04 Å². The van der Waals surface area contributed by atoms with Gasteiger partial charge in [0, 0.05) is 19.3 Å². The van der Waals surface area contributed by atoms with Crippen LogP contribution in [-0.4, -0.2) is 13.6 Å². The van der Waals surface area contributed by atoms with E-state index in [-0.39, 0.29) is 6.04 Å². The SMILES string of the molecule is Cc1ccc(N(C)C(CN)c2ccsc2)cc1. The lowest BCUT2D eigenvalue weighted by atomic mass is 10.1. The van der Waals surface area contributed by atoms with Crippen LogP contribution in [0.4, 0.5) is 5.69 Å². The van der Waals surface area contributed by atoms with Crippen molar-refractivity contribution in [1.82, 2.24) is 0 Å². The van der Waals surface area contributed by atoms with Gasteiger partial charge in [0.2, 0.25) is 0 Å². The Morgan fingerprint density at radius 2 is 1.94 bits per heavy atom. The Bertz CT molecular complexity index is 448. The first-order valence-electron chi connectivity index (χ1n) is 5.74. The number of hydrogen-bond donors (Lipinski definition) is 1. The molecule has 1 heterocycles. The number of rotatable bonds is 4. The Kier molecular flexibility index (Phi) is 3.82. The maximum atomic E-state index is 5.90. The molecule has 1 unspecified atom stereocenters. The third-order valence-corrected chi connectivity index (χ3v) is 3.76. The zero-order chi connectivity index (χ0) is 12.3. The van der Waals surface area contributed by atoms with Crippen LogP contribution in [0.25, 0.3) is 0 Å². The molecule has 1 aromatic heterocycles. The lowest BCUT2D eigenvalue weighted by Gasteiger charge is -2.28. The summed E-state index contributed by atoms with van der Waals surface area (Å²) in [5.41, 5.74) is 9.67. The molecule has 0 aliphatic heterocycles. The number of anilines is 1. The molecule has 2 aromatic rings. The Hall–Kier alpha value is -1.32. The van der Waals surface area contributed by atoms with E-state index in [1.807, 2.05) is 0 Å². The number of nitrogens with zero attached hydrogens (tertiary/aromatic N) is 1. The molecule has 0 amide bonds. The largest absolute Gasteiger partial charge is 0.366 e. The number of aryl methyl sites for hydroxylation is 1. The highest BCUT2D eigenvalue weighted by Crippen LogP contribution is 2.26. The van der Waals surface area contributed by atoms with Crippen molar-refractivity contribution in [1.29, 1.82) is 0 Å². The third-order valence-electron chi connectivity index (χ3n) is 3.06. The van der Waals surface area contributed by atoms with Crippen LogP contribution < -0.4 is 10.6 Å². The van der Waals surface area contributed by atoms with Gasteiger partial charge in [-0.15, -0.1) is 0 Å². The van der Waals surface area contributed by atoms with E-state index in [0.29, 0.717) is 6.54 Å². The minimum atomic E-state index is 0.254. The molecule has 1 aromatic carbocycles. The zero-order valence-corrected chi connectivity index (χ0v) is 11.1. The molecule has 0 saturated carbocycles. The summed E-state index contributed by atoms with van der Waals surface area (Å²) in [5, 5.41) is 4.27. The topological polar surface area (TPSA) is 29.3 Å². The van der Waals surface area contributed by atoms with Crippen LogP contribution in [-0.2, 0) is 0 Å². The zero-order valence-electron chi connectivity index (χ0n) is 10.3. The minimum absolute atomic E-state index is 0.254. The van der Waals surface area contributed by atoms with Gasteiger partial charge in [-0.05, 0) is 41.4 Å². The first kappa shape index (κ1) is 12.1. The van der Waals surface area contributed by atoms with Crippen molar-refractivity contribution in [2.24, 2.45) is 5.73 Å². The molecule has 0 bridgehead atoms. The van der Waals surface area contributed by atoms with E-state index in [4.69, 9.17) is 5.73 Å². The van der Waals surface area contributed by atoms with E-state index >= 15 is 0 Å². The molecule has 0 aliphatic rings. The van der Waals surface area contributed by atoms with Crippen molar-refractivity contribution < 1.29 is 0 Å². The highest BCUT2D eigenvalue weighted by Gasteiger charge is 2.15. The van der Waals surface area contributed by atoms with Crippen molar-refractivity contribution in [3.8, 4) is 0 Å².